The average Bonchev–Trinajstić information content (AvgIpc) is 2.82. The number of aryl methyl sites for hydroxylation is 1. The molecular weight excluding hydrogens is 382 g/mol. The van der Waals surface area contributed by atoms with Crippen molar-refractivity contribution in [3.63, 3.8) is 0 Å². The Kier molecular flexibility index (Phi) is 8.19. The van der Waals surface area contributed by atoms with Gasteiger partial charge in [0.05, 0.1) is 12.3 Å². The van der Waals surface area contributed by atoms with Crippen LogP contribution in [-0.4, -0.2) is 49.2 Å². The summed E-state index contributed by atoms with van der Waals surface area (Å²) in [4.78, 5) is 11.3. The number of aliphatic hydroxyl groups excluding tert-OH is 1. The van der Waals surface area contributed by atoms with Gasteiger partial charge in [-0.3, -0.25) is 4.99 Å². The minimum Gasteiger partial charge on any atom is -0.396 e. The quantitative estimate of drug-likeness (QED) is 0.575. The van der Waals surface area contributed by atoms with E-state index >= 15 is 0 Å². The van der Waals surface area contributed by atoms with Gasteiger partial charge in [-0.05, 0) is 51.3 Å². The Morgan fingerprint density at radius 3 is 2.39 bits per heavy atom. The molecule has 0 aliphatic carbocycles. The molecule has 0 bridgehead atoms. The lowest BCUT2D eigenvalue weighted by atomic mass is 9.76. The molecule has 1 N–H and O–H groups in total. The summed E-state index contributed by atoms with van der Waals surface area (Å²) in [5.41, 5.74) is 4.31. The Hall–Kier alpha value is -2.72. The fourth-order valence-corrected chi connectivity index (χ4v) is 4.78. The fourth-order valence-electron chi connectivity index (χ4n) is 4.78. The Labute approximate surface area is 187 Å². The van der Waals surface area contributed by atoms with Crippen molar-refractivity contribution in [2.24, 2.45) is 15.4 Å². The minimum atomic E-state index is -0.0977. The van der Waals surface area contributed by atoms with Crippen LogP contribution in [0, 0.1) is 5.41 Å². The Morgan fingerprint density at radius 1 is 1.10 bits per heavy atom. The second-order valence-electron chi connectivity index (χ2n) is 8.57. The third-order valence-electron chi connectivity index (χ3n) is 6.42. The van der Waals surface area contributed by atoms with Crippen molar-refractivity contribution >= 4 is 12.4 Å². The molecule has 4 heteroatoms. The standard InChI is InChI=1S/C27H35N3O/c1-22(25(28-2)24-15-8-5-9-16-24)26(29-3)30-19-11-18-27(20-30,21-31)17-10-14-23-12-6-4-7-13-23/h4-9,12-13,15-16,31H,3,10-11,14,17-21H2,1-2H3/b26-22+,28-25?. The summed E-state index contributed by atoms with van der Waals surface area (Å²) in [5, 5.41) is 10.4. The summed E-state index contributed by atoms with van der Waals surface area (Å²) >= 11 is 0. The lowest BCUT2D eigenvalue weighted by Gasteiger charge is -2.43. The van der Waals surface area contributed by atoms with E-state index in [1.165, 1.54) is 5.56 Å². The van der Waals surface area contributed by atoms with Gasteiger partial charge >= 0.3 is 0 Å². The maximum absolute atomic E-state index is 10.4. The van der Waals surface area contributed by atoms with Gasteiger partial charge in [0, 0.05) is 36.7 Å². The van der Waals surface area contributed by atoms with Gasteiger partial charge < -0.3 is 10.0 Å². The van der Waals surface area contributed by atoms with E-state index in [4.69, 9.17) is 0 Å². The molecule has 1 unspecified atom stereocenters. The first-order chi connectivity index (χ1) is 15.1. The van der Waals surface area contributed by atoms with Crippen molar-refractivity contribution in [1.29, 1.82) is 0 Å². The number of hydrogen-bond donors (Lipinski definition) is 1. The lowest BCUT2D eigenvalue weighted by Crippen LogP contribution is -2.45. The lowest BCUT2D eigenvalue weighted by molar-refractivity contribution is 0.0374. The number of aliphatic imine (C=N–C) groups is 2. The van der Waals surface area contributed by atoms with Gasteiger partial charge in [0.1, 0.15) is 5.82 Å². The van der Waals surface area contributed by atoms with E-state index in [-0.39, 0.29) is 12.0 Å². The van der Waals surface area contributed by atoms with Gasteiger partial charge in [-0.1, -0.05) is 60.7 Å². The molecule has 2 aromatic rings. The van der Waals surface area contributed by atoms with Crippen LogP contribution in [-0.2, 0) is 6.42 Å². The van der Waals surface area contributed by atoms with Gasteiger partial charge in [-0.15, -0.1) is 0 Å². The molecule has 31 heavy (non-hydrogen) atoms. The minimum absolute atomic E-state index is 0.0977. The third kappa shape index (κ3) is 5.71. The molecule has 164 valence electrons. The molecule has 0 saturated carbocycles. The molecule has 1 aliphatic heterocycles. The van der Waals surface area contributed by atoms with E-state index in [2.05, 4.69) is 71.0 Å². The molecule has 0 radical (unpaired) electrons. The highest BCUT2D eigenvalue weighted by atomic mass is 16.3. The summed E-state index contributed by atoms with van der Waals surface area (Å²) in [6, 6.07) is 20.8. The second kappa shape index (κ2) is 11.1. The van der Waals surface area contributed by atoms with Crippen molar-refractivity contribution in [2.75, 3.05) is 26.7 Å². The number of benzene rings is 2. The highest BCUT2D eigenvalue weighted by molar-refractivity contribution is 6.12. The number of aliphatic hydroxyl groups is 1. The first-order valence-electron chi connectivity index (χ1n) is 11.2. The molecule has 1 heterocycles. The molecule has 1 saturated heterocycles. The average molecular weight is 418 g/mol. The van der Waals surface area contributed by atoms with Gasteiger partial charge in [-0.2, -0.15) is 0 Å². The van der Waals surface area contributed by atoms with Crippen LogP contribution in [0.4, 0.5) is 0 Å². The summed E-state index contributed by atoms with van der Waals surface area (Å²) in [5.74, 6) is 0.880. The van der Waals surface area contributed by atoms with Crippen molar-refractivity contribution < 1.29 is 5.11 Å². The van der Waals surface area contributed by atoms with Gasteiger partial charge in [-0.25, -0.2) is 4.99 Å². The Bertz CT molecular complexity index is 905. The van der Waals surface area contributed by atoms with E-state index in [9.17, 15) is 5.11 Å². The number of nitrogens with zero attached hydrogens (tertiary/aromatic N) is 3. The summed E-state index contributed by atoms with van der Waals surface area (Å²) < 4.78 is 0. The monoisotopic (exact) mass is 417 g/mol. The molecule has 1 aliphatic rings. The topological polar surface area (TPSA) is 48.2 Å². The van der Waals surface area contributed by atoms with Gasteiger partial charge in [0.15, 0.2) is 0 Å². The predicted octanol–water partition coefficient (Wildman–Crippen LogP) is 5.14. The highest BCUT2D eigenvalue weighted by Gasteiger charge is 2.35. The first kappa shape index (κ1) is 23.0. The smallest absolute Gasteiger partial charge is 0.132 e. The van der Waals surface area contributed by atoms with E-state index in [1.807, 2.05) is 25.2 Å². The van der Waals surface area contributed by atoms with Crippen LogP contribution < -0.4 is 0 Å². The summed E-state index contributed by atoms with van der Waals surface area (Å²) in [7, 11) is 1.82. The van der Waals surface area contributed by atoms with Crippen molar-refractivity contribution in [3.05, 3.63) is 83.2 Å². The Morgan fingerprint density at radius 2 is 1.77 bits per heavy atom. The van der Waals surface area contributed by atoms with Gasteiger partial charge in [0.2, 0.25) is 0 Å². The van der Waals surface area contributed by atoms with E-state index in [0.29, 0.717) is 0 Å². The van der Waals surface area contributed by atoms with Gasteiger partial charge in [0.25, 0.3) is 0 Å². The third-order valence-corrected chi connectivity index (χ3v) is 6.42. The van der Waals surface area contributed by atoms with E-state index in [1.54, 1.807) is 0 Å². The molecule has 1 fully saturated rings. The second-order valence-corrected chi connectivity index (χ2v) is 8.57. The molecule has 2 aromatic carbocycles. The largest absolute Gasteiger partial charge is 0.396 e. The normalized spacial score (nSPS) is 20.4. The van der Waals surface area contributed by atoms with Crippen LogP contribution in [0.25, 0.3) is 0 Å². The summed E-state index contributed by atoms with van der Waals surface area (Å²) in [6.07, 6.45) is 5.22. The summed E-state index contributed by atoms with van der Waals surface area (Å²) in [6.45, 7) is 7.88. The van der Waals surface area contributed by atoms with Crippen LogP contribution in [0.3, 0.4) is 0 Å². The van der Waals surface area contributed by atoms with Crippen LogP contribution in [0.5, 0.6) is 0 Å². The molecule has 0 spiro atoms. The zero-order valence-corrected chi connectivity index (χ0v) is 18.9. The first-order valence-corrected chi connectivity index (χ1v) is 11.2. The van der Waals surface area contributed by atoms with Crippen LogP contribution in [0.1, 0.15) is 43.7 Å². The number of hydrogen-bond acceptors (Lipinski definition) is 4. The zero-order chi connectivity index (χ0) is 22.1. The van der Waals surface area contributed by atoms with Crippen molar-refractivity contribution in [1.82, 2.24) is 4.90 Å². The van der Waals surface area contributed by atoms with Crippen LogP contribution >= 0.6 is 0 Å². The van der Waals surface area contributed by atoms with E-state index < -0.39 is 0 Å². The SMILES string of the molecule is C=N/C(=C(/C)C(=NC)c1ccccc1)N1CCCC(CO)(CCCc2ccccc2)C1. The Balaban J connectivity index is 1.77. The molecule has 0 aromatic heterocycles. The number of allylic oxidation sites excluding steroid dienone is 1. The van der Waals surface area contributed by atoms with Crippen LogP contribution in [0.15, 0.2) is 82.0 Å². The molecule has 3 rings (SSSR count). The van der Waals surface area contributed by atoms with E-state index in [0.717, 1.165) is 67.9 Å². The van der Waals surface area contributed by atoms with Crippen molar-refractivity contribution in [3.8, 4) is 0 Å². The highest BCUT2D eigenvalue weighted by Crippen LogP contribution is 2.37. The van der Waals surface area contributed by atoms with Crippen molar-refractivity contribution in [2.45, 2.75) is 39.0 Å². The molecule has 4 nitrogen and oxygen atoms in total. The van der Waals surface area contributed by atoms with Crippen LogP contribution in [0.2, 0.25) is 0 Å². The molecule has 1 atom stereocenters. The number of likely N-dealkylation sites (tertiary alicyclic amines) is 1. The maximum Gasteiger partial charge on any atom is 0.132 e. The number of piperidine rings is 1. The molecular formula is C27H35N3O. The molecule has 0 amide bonds. The maximum atomic E-state index is 10.4. The predicted molar refractivity (Wildman–Crippen MR) is 131 cm³/mol. The fraction of sp³-hybridized carbons (Fsp3) is 0.407. The number of rotatable bonds is 9. The zero-order valence-electron chi connectivity index (χ0n) is 18.9.